The van der Waals surface area contributed by atoms with Crippen LogP contribution in [0.25, 0.3) is 0 Å². The number of carbonyl (C=O) groups is 7. The van der Waals surface area contributed by atoms with E-state index in [1.807, 2.05) is 0 Å². The molecule has 0 radical (unpaired) electrons. The molecule has 0 aliphatic heterocycles. The fourth-order valence-corrected chi connectivity index (χ4v) is 23.6. The molecule has 61 heteroatoms. The highest BCUT2D eigenvalue weighted by molar-refractivity contribution is 7.70. The summed E-state index contributed by atoms with van der Waals surface area (Å²) < 4.78 is 108. The maximum atomic E-state index is 12.0. The molecule has 0 bridgehead atoms. The summed E-state index contributed by atoms with van der Waals surface area (Å²) in [6.07, 6.45) is -16.0. The molecule has 16 atom stereocenters. The number of rotatable bonds is 55. The van der Waals surface area contributed by atoms with Crippen LogP contribution in [0.3, 0.4) is 0 Å². The van der Waals surface area contributed by atoms with Crippen LogP contribution < -0.4 is 149 Å². The van der Waals surface area contributed by atoms with Gasteiger partial charge >= 0.3 is 0 Å². The average Bonchev–Trinajstić information content (AvgIpc) is 0.775. The third-order valence-corrected chi connectivity index (χ3v) is 30.9. The third kappa shape index (κ3) is 45.2. The van der Waals surface area contributed by atoms with E-state index in [0.29, 0.717) is 6.42 Å². The Morgan fingerprint density at radius 3 is 1.08 bits per heavy atom. The second-order valence-electron chi connectivity index (χ2n) is 25.7. The summed E-state index contributed by atoms with van der Waals surface area (Å²) in [5.41, 5.74) is -7.37. The molecule has 666 valence electrons. The van der Waals surface area contributed by atoms with Crippen molar-refractivity contribution in [2.75, 3.05) is 25.9 Å². The lowest BCUT2D eigenvalue weighted by molar-refractivity contribution is -0.438. The van der Waals surface area contributed by atoms with Gasteiger partial charge in [0.2, 0.25) is 0 Å². The molecule has 0 rings (SSSR count). The first-order chi connectivity index (χ1) is 50.2. The molecule has 0 aromatic heterocycles. The van der Waals surface area contributed by atoms with Crippen molar-refractivity contribution in [1.82, 2.24) is 0 Å². The maximum Gasteiger partial charge on any atom is 0.0968 e. The van der Waals surface area contributed by atoms with E-state index in [9.17, 15) is 214 Å². The Balaban J connectivity index is -0.000000698. The molecule has 0 heterocycles. The van der Waals surface area contributed by atoms with Gasteiger partial charge in [0.15, 0.2) is 0 Å². The molecule has 0 saturated carbocycles. The maximum absolute atomic E-state index is 12.0. The van der Waals surface area contributed by atoms with Crippen LogP contribution in [0.5, 0.6) is 0 Å². The van der Waals surface area contributed by atoms with E-state index < -0.39 is 305 Å². The van der Waals surface area contributed by atoms with Crippen molar-refractivity contribution in [3.63, 3.8) is 0 Å². The van der Waals surface area contributed by atoms with Gasteiger partial charge in [-0.25, -0.2) is 0 Å². The number of hydrogen-bond donors (Lipinski definition) is 0. The zero-order valence-corrected chi connectivity index (χ0v) is 70.0. The van der Waals surface area contributed by atoms with Gasteiger partial charge in [0.25, 0.3) is 0 Å². The zero-order valence-electron chi connectivity index (χ0n) is 60.2. The zero-order chi connectivity index (χ0) is 89.5. The predicted octanol–water partition coefficient (Wildman–Crippen LogP) is -21.1. The molecule has 112 heavy (non-hydrogen) atoms. The highest BCUT2D eigenvalue weighted by atomic mass is 31.2. The third-order valence-electron chi connectivity index (χ3n) is 16.9. The van der Waals surface area contributed by atoms with Gasteiger partial charge in [-0.15, -0.1) is 0 Å². The van der Waals surface area contributed by atoms with Gasteiger partial charge in [-0.05, 0) is 161 Å². The summed E-state index contributed by atoms with van der Waals surface area (Å²) in [6.45, 7) is 9.23. The molecule has 50 nitrogen and oxygen atoms in total. The lowest BCUT2D eigenvalue weighted by Gasteiger charge is -2.57. The fraction of sp³-hybridized carbons (Fsp3) is 0.863. The van der Waals surface area contributed by atoms with Crippen molar-refractivity contribution < 1.29 is 242 Å². The molecule has 0 amide bonds. The van der Waals surface area contributed by atoms with Crippen LogP contribution in [0.2, 0.25) is 0 Å². The topological polar surface area (TPSA) is 986 Å². The number of carbonyl (C=O) groups excluding carboxylic acids is 7. The molecule has 0 fully saturated rings. The standard InChI is InChI=1S/C15H30O10P2.C12H22O16P4.C12H23O14P3.C12H22O10P2/c1-5-10(26(20,21)22)7-15(4,13(18)19)9-11(27(23,24)25)8-14(3,6-2)12(16)17;1-3-11(27-29(17)18,31(21,22)23)5-8(10(15)16)6-12(28-30(19)20,32(24,25)26)4-7(2)9(13)14;1-6(10(13)14)2-7(11(15)16)3-8(12(17)18)4-27(19,20)5-9(28(21,22)23)29(24,25)26;1-3-10(21-23(15)16)5-11(20-8-14)6-12(22-24(17)18)4-9(2)19-7-13/h10-11H,5-9H2,1-4H3,(H,16,17)(H,18,19)(H2,20,21,22)(H2,23,24,25);7-8H,3-6H2,1-2H3,(H,13,14)(H,15,16)(H2,21,22,23)(H2,24,25,26);6-9H,2-5H2,1H3,(H,13,14)(H,15,16)(H,17,18)(H,19,20)(H2,21,22,23)(H2,24,25,26);9-12H,3-8H2,1-2H3/q;-4;;-6/p-20. The van der Waals surface area contributed by atoms with E-state index in [1.165, 1.54) is 20.8 Å². The van der Waals surface area contributed by atoms with Crippen molar-refractivity contribution in [2.45, 2.75) is 210 Å². The van der Waals surface area contributed by atoms with E-state index in [2.05, 4.69) is 9.05 Å². The number of carboxylic acids is 7. The number of carboxylic acid groups (broad SMARTS) is 7. The summed E-state index contributed by atoms with van der Waals surface area (Å²) >= 11 is 0. The van der Waals surface area contributed by atoms with Crippen LogP contribution in [0, 0.1) is 40.4 Å². The monoisotopic (exact) mass is 1830 g/mol. The Morgan fingerprint density at radius 1 is 0.375 bits per heavy atom. The van der Waals surface area contributed by atoms with Crippen molar-refractivity contribution in [3.05, 3.63) is 0 Å². The van der Waals surface area contributed by atoms with Crippen molar-refractivity contribution in [1.29, 1.82) is 0 Å². The first kappa shape index (κ1) is 117. The number of aliphatic carboxylic acids is 7. The fourth-order valence-electron chi connectivity index (χ4n) is 10.5. The average molecular weight is 1830 g/mol. The number of ether oxygens (including phenoxy) is 2. The van der Waals surface area contributed by atoms with Crippen LogP contribution >= 0.6 is 87.4 Å². The largest absolute Gasteiger partial charge is 0.834 e. The summed E-state index contributed by atoms with van der Waals surface area (Å²) in [5.74, 6) is -23.3. The van der Waals surface area contributed by atoms with Crippen LogP contribution in [0.1, 0.15) is 159 Å². The van der Waals surface area contributed by atoms with E-state index in [-0.39, 0.29) is 32.1 Å². The van der Waals surface area contributed by atoms with Gasteiger partial charge in [-0.2, -0.15) is 34.4 Å². The van der Waals surface area contributed by atoms with Gasteiger partial charge in [-0.1, -0.05) is 85.8 Å². The van der Waals surface area contributed by atoms with Crippen molar-refractivity contribution in [3.8, 4) is 0 Å². The number of hydrogen-bond acceptors (Lipinski definition) is 50. The van der Waals surface area contributed by atoms with Crippen LogP contribution in [0.15, 0.2) is 0 Å². The van der Waals surface area contributed by atoms with Crippen molar-refractivity contribution in [2.24, 2.45) is 40.4 Å². The molecule has 0 spiro atoms. The lowest BCUT2D eigenvalue weighted by Crippen LogP contribution is -2.51. The minimum atomic E-state index is -6.36. The Kier molecular flexibility index (Phi) is 53.5. The summed E-state index contributed by atoms with van der Waals surface area (Å²) in [7, 11) is -55.5. The molecule has 0 aliphatic rings. The smallest absolute Gasteiger partial charge is 0.0968 e. The molecule has 0 saturated heterocycles. The normalized spacial score (nSPS) is 18.4. The SMILES string of the molecule is CC(CC(CC(CP(=O)([O-])CC(P(=O)([O-])[O-])P(=O)([O-])[O-])C(=O)[O-])C(=O)[O-])C(=O)[O-].CCC(CC(C)(CC(CC(C)(CC)C(=O)[O-])P(=O)([O-])[O-])C(=O)[O-])P(=O)([O-])[O-].CCC(CC(CC(CC(C)C(=O)[O-])(OP([O-])[O-])P(=O)([O-])[O-])C(=O)[O-])(OP([O-])[O-])P(=O)([O-])[O-].CCC(CC(CC(CC(C)OC[O-])OP([O-])[O-])OC[O-])OP([O-])[O-]. The molecule has 0 aromatic rings. The Hall–Kier alpha value is -1.54. The molecule has 16 unspecified atom stereocenters. The molecule has 0 aliphatic carbocycles. The first-order valence-corrected chi connectivity index (χ1v) is 47.7. The summed E-state index contributed by atoms with van der Waals surface area (Å²) in [5, 5.41) is 89.4. The van der Waals surface area contributed by atoms with E-state index in [4.69, 9.17) is 18.5 Å². The Morgan fingerprint density at radius 2 is 0.759 bits per heavy atom. The molecular formula is C51H77O50P11-30. The van der Waals surface area contributed by atoms with Gasteiger partial charge < -0.3 is 242 Å². The van der Waals surface area contributed by atoms with E-state index >= 15 is 0 Å². The quantitative estimate of drug-likeness (QED) is 0.0403. The summed E-state index contributed by atoms with van der Waals surface area (Å²) in [4.78, 5) is 314. The van der Waals surface area contributed by atoms with Crippen LogP contribution in [-0.2, 0) is 93.1 Å². The highest BCUT2D eigenvalue weighted by Gasteiger charge is 2.44. The van der Waals surface area contributed by atoms with Crippen LogP contribution in [0.4, 0.5) is 0 Å². The second-order valence-corrected chi connectivity index (χ2v) is 41.6. The summed E-state index contributed by atoms with van der Waals surface area (Å²) in [6, 6.07) is 0. The lowest BCUT2D eigenvalue weighted by atomic mass is 9.75. The second kappa shape index (κ2) is 51.3. The Bertz CT molecular complexity index is 3240. The van der Waals surface area contributed by atoms with Crippen LogP contribution in [-0.4, -0.2) is 120 Å². The molecular weight excluding hydrogens is 1750 g/mol. The van der Waals surface area contributed by atoms with Gasteiger partial charge in [0.05, 0.1) is 35.1 Å². The predicted molar refractivity (Wildman–Crippen MR) is 317 cm³/mol. The van der Waals surface area contributed by atoms with Gasteiger partial charge in [0, 0.05) is 89.8 Å². The highest BCUT2D eigenvalue weighted by Crippen LogP contribution is 2.60. The molecule has 0 N–H and O–H groups in total. The minimum absolute atomic E-state index is 0.00755. The Labute approximate surface area is 645 Å². The van der Waals surface area contributed by atoms with E-state index in [1.54, 1.807) is 13.8 Å². The minimum Gasteiger partial charge on any atom is -0.834 e. The van der Waals surface area contributed by atoms with Gasteiger partial charge in [-0.3, -0.25) is 0 Å². The van der Waals surface area contributed by atoms with Crippen molar-refractivity contribution >= 4 is 129 Å². The van der Waals surface area contributed by atoms with Gasteiger partial charge in [0.1, 0.15) is 0 Å². The first-order valence-electron chi connectivity index (χ1n) is 31.8. The van der Waals surface area contributed by atoms with E-state index in [0.717, 1.165) is 27.7 Å². The molecule has 0 aromatic carbocycles.